The van der Waals surface area contributed by atoms with Crippen molar-refractivity contribution in [2.24, 2.45) is 0 Å². The summed E-state index contributed by atoms with van der Waals surface area (Å²) in [6.07, 6.45) is 0.804. The predicted molar refractivity (Wildman–Crippen MR) is 107 cm³/mol. The highest BCUT2D eigenvalue weighted by Crippen LogP contribution is 2.41. The fourth-order valence-corrected chi connectivity index (χ4v) is 3.59. The van der Waals surface area contributed by atoms with Crippen LogP contribution < -0.4 is 10.1 Å². The van der Waals surface area contributed by atoms with Crippen molar-refractivity contribution in [2.45, 2.75) is 39.0 Å². The van der Waals surface area contributed by atoms with Crippen LogP contribution in [0.15, 0.2) is 48.5 Å². The molecule has 0 saturated carbocycles. The number of hydrogen-bond acceptors (Lipinski definition) is 4. The molecule has 0 bridgehead atoms. The Morgan fingerprint density at radius 1 is 1.11 bits per heavy atom. The Bertz CT molecular complexity index is 806. The van der Waals surface area contributed by atoms with E-state index in [2.05, 4.69) is 5.32 Å². The van der Waals surface area contributed by atoms with Crippen molar-refractivity contribution < 1.29 is 14.3 Å². The number of ether oxygens (including phenoxy) is 2. The Kier molecular flexibility index (Phi) is 5.71. The first-order chi connectivity index (χ1) is 13.0. The number of nitrogens with zero attached hydrogens (tertiary/aromatic N) is 1. The molecule has 0 aromatic heterocycles. The number of carbonyl (C=O) groups is 1. The van der Waals surface area contributed by atoms with E-state index in [9.17, 15) is 4.79 Å². The van der Waals surface area contributed by atoms with Gasteiger partial charge in [0.1, 0.15) is 11.4 Å². The Morgan fingerprint density at radius 2 is 1.81 bits per heavy atom. The van der Waals surface area contributed by atoms with Crippen LogP contribution in [0.25, 0.3) is 0 Å². The molecule has 27 heavy (non-hydrogen) atoms. The molecule has 1 aliphatic rings. The van der Waals surface area contributed by atoms with Crippen LogP contribution in [-0.2, 0) is 10.4 Å². The molecule has 5 heteroatoms. The minimum atomic E-state index is -0.718. The lowest BCUT2D eigenvalue weighted by atomic mass is 9.92. The lowest BCUT2D eigenvalue weighted by Gasteiger charge is -2.47. The Balaban J connectivity index is 2.08. The second-order valence-corrected chi connectivity index (χ2v) is 7.21. The van der Waals surface area contributed by atoms with Gasteiger partial charge < -0.3 is 19.7 Å². The summed E-state index contributed by atoms with van der Waals surface area (Å²) in [5.74, 6) is 0.800. The first-order valence-corrected chi connectivity index (χ1v) is 9.41. The number of carbonyl (C=O) groups excluding carboxylic acids is 1. The molecule has 1 N–H and O–H groups in total. The highest BCUT2D eigenvalue weighted by molar-refractivity contribution is 6.02. The Labute approximate surface area is 161 Å². The van der Waals surface area contributed by atoms with Gasteiger partial charge in [-0.1, -0.05) is 30.3 Å². The first kappa shape index (κ1) is 19.2. The van der Waals surface area contributed by atoms with Gasteiger partial charge in [0.15, 0.2) is 0 Å². The summed E-state index contributed by atoms with van der Waals surface area (Å²) in [4.78, 5) is 15.2. The fourth-order valence-electron chi connectivity index (χ4n) is 3.59. The van der Waals surface area contributed by atoms with Crippen LogP contribution in [0.2, 0.25) is 0 Å². The van der Waals surface area contributed by atoms with Crippen molar-refractivity contribution in [3.8, 4) is 5.75 Å². The summed E-state index contributed by atoms with van der Waals surface area (Å²) in [5.41, 5.74) is 1.76. The summed E-state index contributed by atoms with van der Waals surface area (Å²) < 4.78 is 11.3. The van der Waals surface area contributed by atoms with E-state index >= 15 is 0 Å². The molecule has 1 unspecified atom stereocenters. The van der Waals surface area contributed by atoms with E-state index in [1.54, 1.807) is 7.11 Å². The minimum Gasteiger partial charge on any atom is -0.491 e. The summed E-state index contributed by atoms with van der Waals surface area (Å²) in [7, 11) is 1.68. The molecule has 5 nitrogen and oxygen atoms in total. The van der Waals surface area contributed by atoms with Crippen LogP contribution in [0.1, 0.15) is 43.1 Å². The molecule has 2 aromatic rings. The molecular weight excluding hydrogens is 340 g/mol. The molecule has 0 saturated heterocycles. The number of nitrogens with one attached hydrogen (secondary N) is 1. The van der Waals surface area contributed by atoms with Crippen molar-refractivity contribution in [3.63, 3.8) is 0 Å². The second kappa shape index (κ2) is 8.01. The molecule has 3 rings (SSSR count). The molecule has 1 aliphatic heterocycles. The normalized spacial score (nSPS) is 19.0. The van der Waals surface area contributed by atoms with Crippen LogP contribution in [-0.4, -0.2) is 37.2 Å². The van der Waals surface area contributed by atoms with Crippen LogP contribution in [0.4, 0.5) is 5.69 Å². The van der Waals surface area contributed by atoms with Gasteiger partial charge in [-0.15, -0.1) is 0 Å². The van der Waals surface area contributed by atoms with Crippen molar-refractivity contribution >= 4 is 11.6 Å². The van der Waals surface area contributed by atoms with Crippen molar-refractivity contribution in [3.05, 3.63) is 59.7 Å². The van der Waals surface area contributed by atoms with Crippen molar-refractivity contribution in [1.82, 2.24) is 4.90 Å². The molecule has 1 atom stereocenters. The van der Waals surface area contributed by atoms with Gasteiger partial charge in [-0.2, -0.15) is 0 Å². The van der Waals surface area contributed by atoms with Gasteiger partial charge in [-0.25, -0.2) is 0 Å². The van der Waals surface area contributed by atoms with Gasteiger partial charge in [-0.05, 0) is 45.4 Å². The third-order valence-corrected chi connectivity index (χ3v) is 4.82. The van der Waals surface area contributed by atoms with Gasteiger partial charge in [-0.3, -0.25) is 4.79 Å². The molecule has 0 radical (unpaired) electrons. The van der Waals surface area contributed by atoms with E-state index in [0.29, 0.717) is 18.7 Å². The summed E-state index contributed by atoms with van der Waals surface area (Å²) in [6.45, 7) is 7.23. The highest BCUT2D eigenvalue weighted by Gasteiger charge is 2.43. The molecule has 2 aromatic carbocycles. The average molecular weight is 368 g/mol. The quantitative estimate of drug-likeness (QED) is 0.742. The van der Waals surface area contributed by atoms with E-state index in [-0.39, 0.29) is 12.0 Å². The third-order valence-electron chi connectivity index (χ3n) is 4.82. The number of rotatable bonds is 7. The van der Waals surface area contributed by atoms with Crippen LogP contribution in [0.5, 0.6) is 5.75 Å². The highest BCUT2D eigenvalue weighted by atomic mass is 16.5. The van der Waals surface area contributed by atoms with Gasteiger partial charge in [0, 0.05) is 31.5 Å². The molecule has 0 fully saturated rings. The van der Waals surface area contributed by atoms with Crippen LogP contribution in [0, 0.1) is 0 Å². The largest absolute Gasteiger partial charge is 0.491 e. The van der Waals surface area contributed by atoms with Crippen LogP contribution >= 0.6 is 0 Å². The predicted octanol–water partition coefficient (Wildman–Crippen LogP) is 4.25. The summed E-state index contributed by atoms with van der Waals surface area (Å²) in [5, 5.41) is 3.59. The zero-order valence-electron chi connectivity index (χ0n) is 16.5. The topological polar surface area (TPSA) is 50.8 Å². The third kappa shape index (κ3) is 3.78. The zero-order valence-corrected chi connectivity index (χ0v) is 16.5. The number of fused-ring (bicyclic) bond motifs is 1. The number of para-hydroxylation sites is 2. The van der Waals surface area contributed by atoms with Gasteiger partial charge in [0.05, 0.1) is 11.7 Å². The van der Waals surface area contributed by atoms with E-state index < -0.39 is 5.66 Å². The van der Waals surface area contributed by atoms with Crippen molar-refractivity contribution in [2.75, 3.05) is 25.6 Å². The number of hydrogen-bond donors (Lipinski definition) is 1. The fraction of sp³-hybridized carbons (Fsp3) is 0.409. The molecule has 0 aliphatic carbocycles. The van der Waals surface area contributed by atoms with Gasteiger partial charge in [0.2, 0.25) is 0 Å². The monoisotopic (exact) mass is 368 g/mol. The van der Waals surface area contributed by atoms with E-state index in [1.807, 2.05) is 74.2 Å². The van der Waals surface area contributed by atoms with E-state index in [4.69, 9.17) is 9.47 Å². The molecule has 1 amide bonds. The van der Waals surface area contributed by atoms with Gasteiger partial charge in [0.25, 0.3) is 5.91 Å². The molecule has 0 spiro atoms. The van der Waals surface area contributed by atoms with Crippen LogP contribution in [0.3, 0.4) is 0 Å². The lowest BCUT2D eigenvalue weighted by molar-refractivity contribution is 0.0496. The van der Waals surface area contributed by atoms with E-state index in [1.165, 1.54) is 0 Å². The Hall–Kier alpha value is -2.53. The summed E-state index contributed by atoms with van der Waals surface area (Å²) >= 11 is 0. The zero-order chi connectivity index (χ0) is 19.4. The molecule has 144 valence electrons. The average Bonchev–Trinajstić information content (AvgIpc) is 2.64. The maximum absolute atomic E-state index is 13.3. The summed E-state index contributed by atoms with van der Waals surface area (Å²) in [6, 6.07) is 15.6. The number of benzene rings is 2. The number of amides is 1. The molecular formula is C22H28N2O3. The smallest absolute Gasteiger partial charge is 0.258 e. The number of methoxy groups -OCH3 is 1. The Morgan fingerprint density at radius 3 is 2.56 bits per heavy atom. The lowest BCUT2D eigenvalue weighted by Crippen LogP contribution is -2.56. The number of anilines is 1. The second-order valence-electron chi connectivity index (χ2n) is 7.21. The molecule has 1 heterocycles. The van der Waals surface area contributed by atoms with E-state index in [0.717, 1.165) is 23.4 Å². The maximum Gasteiger partial charge on any atom is 0.258 e. The van der Waals surface area contributed by atoms with Crippen molar-refractivity contribution in [1.29, 1.82) is 0 Å². The minimum absolute atomic E-state index is 0.0160. The van der Waals surface area contributed by atoms with Gasteiger partial charge >= 0.3 is 0 Å². The first-order valence-electron chi connectivity index (χ1n) is 9.41. The SMILES string of the molecule is COCCCN1C(=O)c2ccccc2NC1(C)c1ccccc1OC(C)C. The maximum atomic E-state index is 13.3. The standard InChI is InChI=1S/C22H28N2O3/c1-16(2)27-20-13-8-6-11-18(20)22(3)23-19-12-7-5-10-17(19)21(25)24(22)14-9-15-26-4/h5-8,10-13,16,23H,9,14-15H2,1-4H3.